The van der Waals surface area contributed by atoms with E-state index in [1.165, 1.54) is 0 Å². The summed E-state index contributed by atoms with van der Waals surface area (Å²) in [6, 6.07) is 11.0. The molecular weight excluding hydrogens is 271 g/mol. The summed E-state index contributed by atoms with van der Waals surface area (Å²) in [4.78, 5) is 21.3. The Labute approximate surface area is 111 Å². The van der Waals surface area contributed by atoms with E-state index in [0.29, 0.717) is 0 Å². The van der Waals surface area contributed by atoms with Gasteiger partial charge in [-0.05, 0) is 17.4 Å². The van der Waals surface area contributed by atoms with Crippen LogP contribution in [-0.4, -0.2) is 17.4 Å². The van der Waals surface area contributed by atoms with E-state index < -0.39 is 12.5 Å². The Balaban J connectivity index is 2.44. The summed E-state index contributed by atoms with van der Waals surface area (Å²) < 4.78 is 4.91. The average molecular weight is 284 g/mol. The molecule has 0 spiro atoms. The monoisotopic (exact) mass is 284 g/mol. The number of nitrogens with zero attached hydrogens (tertiary/aromatic N) is 1. The van der Waals surface area contributed by atoms with Crippen molar-refractivity contribution in [1.29, 1.82) is 5.26 Å². The van der Waals surface area contributed by atoms with Gasteiger partial charge in [-0.25, -0.2) is 0 Å². The first kappa shape index (κ1) is 14.8. The molecule has 0 bridgehead atoms. The van der Waals surface area contributed by atoms with Gasteiger partial charge < -0.3 is 9.42 Å². The summed E-state index contributed by atoms with van der Waals surface area (Å²) in [7, 11) is 0. The largest absolute Gasteiger partial charge is 0.329 e. The number of rotatable bonds is 6. The lowest BCUT2D eigenvalue weighted by Crippen LogP contribution is -2.23. The number of hydrogen-bond acceptors (Lipinski definition) is 4. The van der Waals surface area contributed by atoms with E-state index in [1.54, 1.807) is 12.1 Å². The zero-order chi connectivity index (χ0) is 13.4. The second kappa shape index (κ2) is 7.24. The highest BCUT2D eigenvalue weighted by Crippen LogP contribution is 2.37. The van der Waals surface area contributed by atoms with Gasteiger partial charge in [0.25, 0.3) is 6.64 Å². The van der Waals surface area contributed by atoms with Crippen molar-refractivity contribution in [3.8, 4) is 6.07 Å². The average Bonchev–Trinajstić information content (AvgIpc) is 2.29. The Morgan fingerprint density at radius 3 is 2.78 bits per heavy atom. The summed E-state index contributed by atoms with van der Waals surface area (Å²) in [5, 5.41) is 10.6. The van der Waals surface area contributed by atoms with Crippen LogP contribution in [0.2, 0.25) is 0 Å². The molecule has 0 aromatic heterocycles. The third-order valence-corrected chi connectivity index (χ3v) is 3.61. The zero-order valence-corrected chi connectivity index (χ0v) is 11.3. The smallest absolute Gasteiger partial charge is 0.287 e. The molecule has 0 aliphatic carbocycles. The van der Waals surface area contributed by atoms with Gasteiger partial charge in [-0.3, -0.25) is 9.88 Å². The second-order valence-electron chi connectivity index (χ2n) is 3.46. The molecule has 1 aromatic carbocycles. The molecular formula is C11H13N2O3PS. The second-order valence-corrected chi connectivity index (χ2v) is 6.47. The number of nitriles is 1. The van der Waals surface area contributed by atoms with E-state index in [2.05, 4.69) is 5.09 Å². The van der Waals surface area contributed by atoms with Crippen molar-refractivity contribution in [2.75, 3.05) is 6.61 Å². The minimum Gasteiger partial charge on any atom is -0.329 e. The van der Waals surface area contributed by atoms with E-state index in [-0.39, 0.29) is 19.4 Å². The van der Waals surface area contributed by atoms with Gasteiger partial charge in [0.15, 0.2) is 0 Å². The van der Waals surface area contributed by atoms with E-state index in [0.717, 1.165) is 5.56 Å². The summed E-state index contributed by atoms with van der Waals surface area (Å²) in [6.45, 7) is -3.32. The van der Waals surface area contributed by atoms with Crippen LogP contribution in [0.3, 0.4) is 0 Å². The molecule has 96 valence electrons. The first-order valence-corrected chi connectivity index (χ1v) is 7.90. The third-order valence-electron chi connectivity index (χ3n) is 1.95. The fourth-order valence-electron chi connectivity index (χ4n) is 1.23. The van der Waals surface area contributed by atoms with E-state index in [1.807, 2.05) is 24.3 Å². The molecule has 1 unspecified atom stereocenters. The molecule has 0 aliphatic heterocycles. The zero-order valence-electron chi connectivity index (χ0n) is 9.57. The van der Waals surface area contributed by atoms with Gasteiger partial charge >= 0.3 is 0 Å². The molecule has 0 saturated heterocycles. The molecule has 0 radical (unpaired) electrons. The summed E-state index contributed by atoms with van der Waals surface area (Å²) >= 11 is 4.75. The Hall–Kier alpha value is -1.25. The van der Waals surface area contributed by atoms with Crippen LogP contribution in [0.1, 0.15) is 12.0 Å². The van der Waals surface area contributed by atoms with Crippen LogP contribution in [0.4, 0.5) is 0 Å². The predicted octanol–water partition coefficient (Wildman–Crippen LogP) is 1.49. The van der Waals surface area contributed by atoms with Crippen LogP contribution in [0.5, 0.6) is 0 Å². The summed E-state index contributed by atoms with van der Waals surface area (Å²) in [5.41, 5.74) is 0.821. The number of nitrogens with one attached hydrogen (secondary N) is 1. The highest BCUT2D eigenvalue weighted by Gasteiger charge is 2.17. The molecule has 18 heavy (non-hydrogen) atoms. The number of benzene rings is 1. The van der Waals surface area contributed by atoms with Crippen LogP contribution in [-0.2, 0) is 27.5 Å². The molecule has 1 atom stereocenters. The van der Waals surface area contributed by atoms with Crippen molar-refractivity contribution in [1.82, 2.24) is 5.09 Å². The Morgan fingerprint density at radius 2 is 2.17 bits per heavy atom. The first-order chi connectivity index (χ1) is 8.53. The number of carbonyl (C=O) groups is 1. The molecule has 5 nitrogen and oxygen atoms in total. The molecule has 0 fully saturated rings. The van der Waals surface area contributed by atoms with E-state index in [4.69, 9.17) is 21.6 Å². The minimum atomic E-state index is -3.33. The number of carbonyl (C=O) groups excluding carboxylic acids is 1. The SMILES string of the molecule is N#CCCOP(O)(=S)NC(=O)Cc1ccccc1. The number of amides is 1. The van der Waals surface area contributed by atoms with Crippen molar-refractivity contribution in [2.45, 2.75) is 12.8 Å². The van der Waals surface area contributed by atoms with Gasteiger partial charge in [-0.15, -0.1) is 0 Å². The predicted molar refractivity (Wildman–Crippen MR) is 71.0 cm³/mol. The lowest BCUT2D eigenvalue weighted by molar-refractivity contribution is -0.118. The van der Waals surface area contributed by atoms with Crippen molar-refractivity contribution in [2.24, 2.45) is 0 Å². The Kier molecular flexibility index (Phi) is 5.96. The molecule has 0 saturated carbocycles. The van der Waals surface area contributed by atoms with Gasteiger partial charge in [0.05, 0.1) is 25.5 Å². The van der Waals surface area contributed by atoms with Gasteiger partial charge in [0, 0.05) is 0 Å². The molecule has 7 heteroatoms. The van der Waals surface area contributed by atoms with Crippen LogP contribution in [0, 0.1) is 11.3 Å². The Morgan fingerprint density at radius 1 is 1.50 bits per heavy atom. The maximum absolute atomic E-state index is 11.6. The Bertz CT molecular complexity index is 487. The molecule has 1 amide bonds. The highest BCUT2D eigenvalue weighted by atomic mass is 32.5. The first-order valence-electron chi connectivity index (χ1n) is 5.23. The van der Waals surface area contributed by atoms with Crippen LogP contribution in [0.15, 0.2) is 30.3 Å². The van der Waals surface area contributed by atoms with Crippen molar-refractivity contribution < 1.29 is 14.2 Å². The minimum absolute atomic E-state index is 0.00982. The maximum Gasteiger partial charge on any atom is 0.287 e. The lowest BCUT2D eigenvalue weighted by atomic mass is 10.1. The van der Waals surface area contributed by atoms with Gasteiger partial charge in [0.2, 0.25) is 5.91 Å². The molecule has 1 rings (SSSR count). The third kappa shape index (κ3) is 5.89. The van der Waals surface area contributed by atoms with E-state index >= 15 is 0 Å². The van der Waals surface area contributed by atoms with Gasteiger partial charge in [-0.2, -0.15) is 5.26 Å². The molecule has 0 heterocycles. The van der Waals surface area contributed by atoms with E-state index in [9.17, 15) is 9.69 Å². The standard InChI is InChI=1S/C11H13N2O3PS/c12-7-4-8-16-17(15,18)13-11(14)9-10-5-2-1-3-6-10/h1-3,5-6H,4,8-9H2,(H2,13,14,15,18). The summed E-state index contributed by atoms with van der Waals surface area (Å²) in [5.74, 6) is -0.399. The van der Waals surface area contributed by atoms with Crippen molar-refractivity contribution in [3.63, 3.8) is 0 Å². The quantitative estimate of drug-likeness (QED) is 0.611. The van der Waals surface area contributed by atoms with Crippen LogP contribution >= 0.6 is 6.64 Å². The van der Waals surface area contributed by atoms with Crippen molar-refractivity contribution in [3.05, 3.63) is 35.9 Å². The lowest BCUT2D eigenvalue weighted by Gasteiger charge is -2.16. The van der Waals surface area contributed by atoms with Gasteiger partial charge in [-0.1, -0.05) is 30.3 Å². The van der Waals surface area contributed by atoms with Crippen molar-refractivity contribution >= 4 is 24.4 Å². The van der Waals surface area contributed by atoms with Gasteiger partial charge in [0.1, 0.15) is 0 Å². The fourth-order valence-corrected chi connectivity index (χ4v) is 2.55. The molecule has 2 N–H and O–H groups in total. The fraction of sp³-hybridized carbons (Fsp3) is 0.273. The normalized spacial score (nSPS) is 13.3. The molecule has 0 aliphatic rings. The molecule has 1 aromatic rings. The number of hydrogen-bond donors (Lipinski definition) is 2. The van der Waals surface area contributed by atoms with Crippen LogP contribution in [0.25, 0.3) is 0 Å². The summed E-state index contributed by atoms with van der Waals surface area (Å²) in [6.07, 6.45) is 0.245. The topological polar surface area (TPSA) is 82.3 Å². The maximum atomic E-state index is 11.6. The highest BCUT2D eigenvalue weighted by molar-refractivity contribution is 8.08. The van der Waals surface area contributed by atoms with Crippen LogP contribution < -0.4 is 5.09 Å².